The Morgan fingerprint density at radius 3 is 2.58 bits per heavy atom. The predicted molar refractivity (Wildman–Crippen MR) is 97.1 cm³/mol. The molecule has 0 saturated carbocycles. The average Bonchev–Trinajstić information content (AvgIpc) is 2.47. The highest BCUT2D eigenvalue weighted by atomic mass is 35.5. The summed E-state index contributed by atoms with van der Waals surface area (Å²) < 4.78 is 25.9. The number of carbonyl (C=O) groups excluding carboxylic acids is 1. The van der Waals surface area contributed by atoms with Crippen molar-refractivity contribution in [3.63, 3.8) is 0 Å². The lowest BCUT2D eigenvalue weighted by molar-refractivity contribution is -0.122. The minimum atomic E-state index is -3.70. The second-order valence-electron chi connectivity index (χ2n) is 5.86. The lowest BCUT2D eigenvalue weighted by Gasteiger charge is -2.29. The van der Waals surface area contributed by atoms with Gasteiger partial charge in [-0.05, 0) is 50.6 Å². The fourth-order valence-electron chi connectivity index (χ4n) is 2.61. The maximum atomic E-state index is 12.4. The summed E-state index contributed by atoms with van der Waals surface area (Å²) in [5, 5.41) is 6.68. The normalized spacial score (nSPS) is 21.2. The van der Waals surface area contributed by atoms with Gasteiger partial charge in [0.25, 0.3) is 0 Å². The smallest absolute Gasteiger partial charge is 0.243 e. The number of rotatable bonds is 5. The van der Waals surface area contributed by atoms with E-state index in [2.05, 4.69) is 17.6 Å². The molecule has 0 aliphatic carbocycles. The lowest BCUT2D eigenvalue weighted by Crippen LogP contribution is -2.49. The molecule has 1 amide bonds. The number of hydrogen-bond donors (Lipinski definition) is 2. The van der Waals surface area contributed by atoms with Crippen molar-refractivity contribution < 1.29 is 13.2 Å². The van der Waals surface area contributed by atoms with E-state index in [1.54, 1.807) is 0 Å². The van der Waals surface area contributed by atoms with Gasteiger partial charge in [0.2, 0.25) is 15.9 Å². The van der Waals surface area contributed by atoms with Crippen LogP contribution in [0.4, 0.5) is 0 Å². The van der Waals surface area contributed by atoms with E-state index in [1.807, 2.05) is 0 Å². The van der Waals surface area contributed by atoms with Crippen LogP contribution in [-0.2, 0) is 14.8 Å². The Kier molecular flexibility index (Phi) is 7.95. The van der Waals surface area contributed by atoms with Crippen molar-refractivity contribution in [2.45, 2.75) is 36.7 Å². The predicted octanol–water partition coefficient (Wildman–Crippen LogP) is 1.64. The number of piperidine rings is 1. The van der Waals surface area contributed by atoms with Gasteiger partial charge in [0.15, 0.2) is 0 Å². The van der Waals surface area contributed by atoms with Crippen molar-refractivity contribution in [3.05, 3.63) is 29.3 Å². The highest BCUT2D eigenvalue weighted by Crippen LogP contribution is 2.17. The molecule has 1 aliphatic rings. The number of nitrogens with zero attached hydrogens (tertiary/aromatic N) is 1. The second kappa shape index (κ2) is 9.01. The van der Waals surface area contributed by atoms with Gasteiger partial charge in [-0.15, -0.1) is 12.4 Å². The van der Waals surface area contributed by atoms with Crippen LogP contribution >= 0.6 is 24.0 Å². The van der Waals surface area contributed by atoms with Crippen LogP contribution in [0, 0.1) is 0 Å². The lowest BCUT2D eigenvalue weighted by atomic mass is 10.0. The highest BCUT2D eigenvalue weighted by molar-refractivity contribution is 7.89. The van der Waals surface area contributed by atoms with E-state index in [-0.39, 0.29) is 35.8 Å². The molecule has 9 heteroatoms. The quantitative estimate of drug-likeness (QED) is 0.793. The van der Waals surface area contributed by atoms with Crippen molar-refractivity contribution in [1.29, 1.82) is 0 Å². The molecule has 1 saturated heterocycles. The van der Waals surface area contributed by atoms with E-state index >= 15 is 0 Å². The highest BCUT2D eigenvalue weighted by Gasteiger charge is 2.25. The molecule has 2 unspecified atom stereocenters. The molecule has 6 nitrogen and oxygen atoms in total. The van der Waals surface area contributed by atoms with Gasteiger partial charge in [-0.2, -0.15) is 4.31 Å². The molecule has 24 heavy (non-hydrogen) atoms. The first-order valence-electron chi connectivity index (χ1n) is 7.53. The second-order valence-corrected chi connectivity index (χ2v) is 8.34. The molecule has 0 radical (unpaired) electrons. The number of amides is 1. The van der Waals surface area contributed by atoms with Crippen LogP contribution in [0.1, 0.15) is 19.8 Å². The number of sulfonamides is 1. The summed E-state index contributed by atoms with van der Waals surface area (Å²) in [5.41, 5.74) is 0. The van der Waals surface area contributed by atoms with E-state index in [0.29, 0.717) is 11.1 Å². The van der Waals surface area contributed by atoms with Crippen LogP contribution in [0.3, 0.4) is 0 Å². The summed E-state index contributed by atoms with van der Waals surface area (Å²) in [4.78, 5) is 12.2. The molecule has 2 rings (SSSR count). The Balaban J connectivity index is 0.00000288. The molecule has 0 spiro atoms. The number of benzene rings is 1. The summed E-state index contributed by atoms with van der Waals surface area (Å²) in [6, 6.07) is 6.33. The van der Waals surface area contributed by atoms with Crippen LogP contribution in [0.2, 0.25) is 5.02 Å². The van der Waals surface area contributed by atoms with Gasteiger partial charge in [-0.1, -0.05) is 11.6 Å². The molecular formula is C15H23Cl2N3O3S. The third-order valence-electron chi connectivity index (χ3n) is 3.88. The van der Waals surface area contributed by atoms with Crippen LogP contribution < -0.4 is 10.6 Å². The molecule has 1 aliphatic heterocycles. The summed E-state index contributed by atoms with van der Waals surface area (Å²) in [6.45, 7) is 2.71. The Labute approximate surface area is 154 Å². The van der Waals surface area contributed by atoms with Gasteiger partial charge in [0.1, 0.15) is 0 Å². The maximum Gasteiger partial charge on any atom is 0.243 e. The minimum absolute atomic E-state index is 0. The molecule has 2 atom stereocenters. The molecule has 136 valence electrons. The maximum absolute atomic E-state index is 12.4. The van der Waals surface area contributed by atoms with Crippen LogP contribution in [0.15, 0.2) is 29.2 Å². The van der Waals surface area contributed by atoms with Gasteiger partial charge in [-0.3, -0.25) is 4.79 Å². The van der Waals surface area contributed by atoms with Gasteiger partial charge >= 0.3 is 0 Å². The van der Waals surface area contributed by atoms with E-state index in [0.717, 1.165) is 23.7 Å². The zero-order chi connectivity index (χ0) is 17.0. The molecule has 0 bridgehead atoms. The molecule has 1 aromatic carbocycles. The monoisotopic (exact) mass is 395 g/mol. The van der Waals surface area contributed by atoms with Gasteiger partial charge in [0, 0.05) is 24.2 Å². The standard InChI is InChI=1S/C15H22ClN3O3S.ClH/c1-11-9-13(7-8-17-11)18-15(20)10-19(2)23(21,22)14-5-3-12(16)4-6-14;/h3-6,11,13,17H,7-10H2,1-2H3,(H,18,20);1H. The van der Waals surface area contributed by atoms with Crippen LogP contribution in [0.5, 0.6) is 0 Å². The number of halogens is 2. The summed E-state index contributed by atoms with van der Waals surface area (Å²) in [7, 11) is -2.30. The van der Waals surface area contributed by atoms with E-state index in [1.165, 1.54) is 31.3 Å². The largest absolute Gasteiger partial charge is 0.352 e. The third kappa shape index (κ3) is 5.60. The Hall–Kier alpha value is -0.860. The first-order chi connectivity index (χ1) is 10.8. The van der Waals surface area contributed by atoms with E-state index in [4.69, 9.17) is 11.6 Å². The minimum Gasteiger partial charge on any atom is -0.352 e. The summed E-state index contributed by atoms with van der Waals surface area (Å²) in [6.07, 6.45) is 1.70. The molecule has 2 N–H and O–H groups in total. The molecular weight excluding hydrogens is 373 g/mol. The van der Waals surface area contributed by atoms with E-state index < -0.39 is 10.0 Å². The number of likely N-dealkylation sites (N-methyl/N-ethyl adjacent to an activating group) is 1. The third-order valence-corrected chi connectivity index (χ3v) is 5.95. The molecule has 1 heterocycles. The fourth-order valence-corrected chi connectivity index (χ4v) is 3.86. The molecule has 1 aromatic rings. The average molecular weight is 396 g/mol. The van der Waals surface area contributed by atoms with Gasteiger partial charge < -0.3 is 10.6 Å². The van der Waals surface area contributed by atoms with Crippen molar-refractivity contribution in [2.24, 2.45) is 0 Å². The Bertz CT molecular complexity index is 652. The topological polar surface area (TPSA) is 78.5 Å². The zero-order valence-corrected chi connectivity index (χ0v) is 16.0. The Morgan fingerprint density at radius 1 is 1.38 bits per heavy atom. The molecule has 1 fully saturated rings. The number of hydrogen-bond acceptors (Lipinski definition) is 4. The van der Waals surface area contributed by atoms with Crippen molar-refractivity contribution in [2.75, 3.05) is 20.1 Å². The SMILES string of the molecule is CC1CC(NC(=O)CN(C)S(=O)(=O)c2ccc(Cl)cc2)CCN1.Cl. The molecule has 0 aromatic heterocycles. The van der Waals surface area contributed by atoms with Crippen molar-refractivity contribution in [1.82, 2.24) is 14.9 Å². The van der Waals surface area contributed by atoms with Crippen LogP contribution in [-0.4, -0.2) is 50.9 Å². The first-order valence-corrected chi connectivity index (χ1v) is 9.35. The number of carbonyl (C=O) groups is 1. The van der Waals surface area contributed by atoms with Gasteiger partial charge in [-0.25, -0.2) is 8.42 Å². The van der Waals surface area contributed by atoms with Crippen molar-refractivity contribution in [3.8, 4) is 0 Å². The van der Waals surface area contributed by atoms with E-state index in [9.17, 15) is 13.2 Å². The van der Waals surface area contributed by atoms with Gasteiger partial charge in [0.05, 0.1) is 11.4 Å². The zero-order valence-electron chi connectivity index (χ0n) is 13.7. The van der Waals surface area contributed by atoms with Crippen molar-refractivity contribution >= 4 is 39.9 Å². The fraction of sp³-hybridized carbons (Fsp3) is 0.533. The first kappa shape index (κ1) is 21.2. The van der Waals surface area contributed by atoms with Crippen LogP contribution in [0.25, 0.3) is 0 Å². The Morgan fingerprint density at radius 2 is 2.00 bits per heavy atom. The number of nitrogens with one attached hydrogen (secondary N) is 2. The summed E-state index contributed by atoms with van der Waals surface area (Å²) in [5.74, 6) is -0.288. The summed E-state index contributed by atoms with van der Waals surface area (Å²) >= 11 is 5.77.